The molecule has 1 aromatic rings. The first-order chi connectivity index (χ1) is 7.09. The molecule has 80 valence electrons. The standard InChI is InChI=1S/C12H12F2O/c1-7-5-9(7)11(15)6-8-3-2-4-10(13)12(8)14/h2-4,7,9H,5-6H2,1H3. The lowest BCUT2D eigenvalue weighted by Crippen LogP contribution is -2.08. The summed E-state index contributed by atoms with van der Waals surface area (Å²) in [5.41, 5.74) is 0.166. The lowest BCUT2D eigenvalue weighted by molar-refractivity contribution is -0.119. The summed E-state index contributed by atoms with van der Waals surface area (Å²) in [6.07, 6.45) is 0.897. The Labute approximate surface area is 87.1 Å². The van der Waals surface area contributed by atoms with Crippen LogP contribution in [0.25, 0.3) is 0 Å². The number of benzene rings is 1. The van der Waals surface area contributed by atoms with Gasteiger partial charge in [0.2, 0.25) is 0 Å². The number of Topliss-reactive ketones (excluding diaryl/α,β-unsaturated/α-hetero) is 1. The molecule has 0 aliphatic heterocycles. The molecule has 0 aromatic heterocycles. The highest BCUT2D eigenvalue weighted by atomic mass is 19.2. The van der Waals surface area contributed by atoms with Crippen LogP contribution in [0, 0.1) is 23.5 Å². The van der Waals surface area contributed by atoms with Gasteiger partial charge in [0.1, 0.15) is 5.78 Å². The summed E-state index contributed by atoms with van der Waals surface area (Å²) < 4.78 is 26.1. The third-order valence-corrected chi connectivity index (χ3v) is 2.92. The van der Waals surface area contributed by atoms with Crippen LogP contribution in [0.4, 0.5) is 8.78 Å². The third kappa shape index (κ3) is 2.06. The predicted molar refractivity (Wildman–Crippen MR) is 52.3 cm³/mol. The number of hydrogen-bond donors (Lipinski definition) is 0. The van der Waals surface area contributed by atoms with Gasteiger partial charge in [-0.25, -0.2) is 8.78 Å². The summed E-state index contributed by atoms with van der Waals surface area (Å²) in [6, 6.07) is 3.95. The van der Waals surface area contributed by atoms with E-state index < -0.39 is 11.6 Å². The summed E-state index contributed by atoms with van der Waals surface area (Å²) in [7, 11) is 0. The maximum absolute atomic E-state index is 13.2. The zero-order valence-corrected chi connectivity index (χ0v) is 8.47. The maximum atomic E-state index is 13.2. The number of carbonyl (C=O) groups excluding carboxylic acids is 1. The van der Waals surface area contributed by atoms with E-state index in [9.17, 15) is 13.6 Å². The van der Waals surface area contributed by atoms with E-state index in [1.54, 1.807) is 0 Å². The highest BCUT2D eigenvalue weighted by Crippen LogP contribution is 2.39. The van der Waals surface area contributed by atoms with E-state index in [0.29, 0.717) is 5.92 Å². The van der Waals surface area contributed by atoms with Crippen molar-refractivity contribution in [3.8, 4) is 0 Å². The van der Waals surface area contributed by atoms with Crippen molar-refractivity contribution in [2.75, 3.05) is 0 Å². The fourth-order valence-corrected chi connectivity index (χ4v) is 1.77. The van der Waals surface area contributed by atoms with Gasteiger partial charge in [0.25, 0.3) is 0 Å². The van der Waals surface area contributed by atoms with Crippen molar-refractivity contribution < 1.29 is 13.6 Å². The van der Waals surface area contributed by atoms with Crippen molar-refractivity contribution in [2.24, 2.45) is 11.8 Å². The second-order valence-corrected chi connectivity index (χ2v) is 4.18. The van der Waals surface area contributed by atoms with E-state index in [0.717, 1.165) is 12.5 Å². The summed E-state index contributed by atoms with van der Waals surface area (Å²) in [6.45, 7) is 1.99. The van der Waals surface area contributed by atoms with Crippen LogP contribution in [0.5, 0.6) is 0 Å². The molecule has 1 fully saturated rings. The summed E-state index contributed by atoms with van der Waals surface area (Å²) in [5, 5.41) is 0. The molecular weight excluding hydrogens is 198 g/mol. The van der Waals surface area contributed by atoms with Gasteiger partial charge in [-0.2, -0.15) is 0 Å². The van der Waals surface area contributed by atoms with Gasteiger partial charge < -0.3 is 0 Å². The summed E-state index contributed by atoms with van der Waals surface area (Å²) in [5.74, 6) is -1.28. The molecule has 1 aliphatic carbocycles. The molecule has 2 rings (SSSR count). The van der Waals surface area contributed by atoms with E-state index in [1.165, 1.54) is 12.1 Å². The molecule has 0 bridgehead atoms. The molecule has 3 heteroatoms. The first-order valence-electron chi connectivity index (χ1n) is 5.05. The average Bonchev–Trinajstić information content (AvgIpc) is 2.91. The molecule has 1 saturated carbocycles. The molecule has 0 amide bonds. The summed E-state index contributed by atoms with van der Waals surface area (Å²) >= 11 is 0. The van der Waals surface area contributed by atoms with Gasteiger partial charge in [-0.3, -0.25) is 4.79 Å². The lowest BCUT2D eigenvalue weighted by atomic mass is 10.0. The monoisotopic (exact) mass is 210 g/mol. The molecule has 1 nitrogen and oxygen atoms in total. The van der Waals surface area contributed by atoms with Gasteiger partial charge in [0, 0.05) is 12.3 Å². The van der Waals surface area contributed by atoms with E-state index in [2.05, 4.69) is 0 Å². The molecule has 0 spiro atoms. The molecule has 2 atom stereocenters. The Hall–Kier alpha value is -1.25. The van der Waals surface area contributed by atoms with E-state index in [1.807, 2.05) is 6.92 Å². The molecule has 1 aliphatic rings. The largest absolute Gasteiger partial charge is 0.299 e. The Morgan fingerprint density at radius 1 is 1.47 bits per heavy atom. The van der Waals surface area contributed by atoms with Gasteiger partial charge in [0.05, 0.1) is 0 Å². The van der Waals surface area contributed by atoms with Gasteiger partial charge in [-0.05, 0) is 24.0 Å². The average molecular weight is 210 g/mol. The number of carbonyl (C=O) groups is 1. The fourth-order valence-electron chi connectivity index (χ4n) is 1.77. The predicted octanol–water partition coefficient (Wildman–Crippen LogP) is 2.73. The van der Waals surface area contributed by atoms with Gasteiger partial charge in [-0.1, -0.05) is 19.1 Å². The molecule has 0 N–H and O–H groups in total. The van der Waals surface area contributed by atoms with E-state index >= 15 is 0 Å². The number of halogens is 2. The van der Waals surface area contributed by atoms with Crippen molar-refractivity contribution >= 4 is 5.78 Å². The fraction of sp³-hybridized carbons (Fsp3) is 0.417. The van der Waals surface area contributed by atoms with Crippen LogP contribution in [0.2, 0.25) is 0 Å². The van der Waals surface area contributed by atoms with Crippen molar-refractivity contribution in [3.05, 3.63) is 35.4 Å². The molecule has 0 saturated heterocycles. The Kier molecular flexibility index (Phi) is 2.55. The van der Waals surface area contributed by atoms with E-state index in [-0.39, 0.29) is 23.7 Å². The topological polar surface area (TPSA) is 17.1 Å². The van der Waals surface area contributed by atoms with Crippen LogP contribution in [0.1, 0.15) is 18.9 Å². The van der Waals surface area contributed by atoms with Crippen LogP contribution in [-0.4, -0.2) is 5.78 Å². The molecule has 1 aromatic carbocycles. The first-order valence-corrected chi connectivity index (χ1v) is 5.05. The minimum absolute atomic E-state index is 0.0125. The molecular formula is C12H12F2O. The van der Waals surface area contributed by atoms with Crippen molar-refractivity contribution in [1.82, 2.24) is 0 Å². The zero-order chi connectivity index (χ0) is 11.0. The lowest BCUT2D eigenvalue weighted by Gasteiger charge is -2.02. The molecule has 15 heavy (non-hydrogen) atoms. The summed E-state index contributed by atoms with van der Waals surface area (Å²) in [4.78, 5) is 11.6. The van der Waals surface area contributed by atoms with Crippen LogP contribution < -0.4 is 0 Å². The van der Waals surface area contributed by atoms with Crippen LogP contribution >= 0.6 is 0 Å². The Morgan fingerprint density at radius 3 is 2.73 bits per heavy atom. The second kappa shape index (κ2) is 3.72. The van der Waals surface area contributed by atoms with Crippen LogP contribution in [0.3, 0.4) is 0 Å². The minimum atomic E-state index is -0.890. The molecule has 0 radical (unpaired) electrons. The SMILES string of the molecule is CC1CC1C(=O)Cc1cccc(F)c1F. The zero-order valence-electron chi connectivity index (χ0n) is 8.47. The quantitative estimate of drug-likeness (QED) is 0.749. The number of hydrogen-bond acceptors (Lipinski definition) is 1. The van der Waals surface area contributed by atoms with Crippen molar-refractivity contribution in [3.63, 3.8) is 0 Å². The second-order valence-electron chi connectivity index (χ2n) is 4.18. The number of ketones is 1. The normalized spacial score (nSPS) is 23.9. The molecule has 0 heterocycles. The minimum Gasteiger partial charge on any atom is -0.299 e. The van der Waals surface area contributed by atoms with Crippen molar-refractivity contribution in [2.45, 2.75) is 19.8 Å². The Bertz CT molecular complexity index is 401. The molecule has 2 unspecified atom stereocenters. The Morgan fingerprint density at radius 2 is 2.13 bits per heavy atom. The smallest absolute Gasteiger partial charge is 0.162 e. The van der Waals surface area contributed by atoms with E-state index in [4.69, 9.17) is 0 Å². The third-order valence-electron chi connectivity index (χ3n) is 2.92. The highest BCUT2D eigenvalue weighted by molar-refractivity contribution is 5.85. The highest BCUT2D eigenvalue weighted by Gasteiger charge is 2.38. The Balaban J connectivity index is 2.10. The first kappa shape index (κ1) is 10.3. The van der Waals surface area contributed by atoms with Gasteiger partial charge in [-0.15, -0.1) is 0 Å². The van der Waals surface area contributed by atoms with Gasteiger partial charge >= 0.3 is 0 Å². The van der Waals surface area contributed by atoms with Gasteiger partial charge in [0.15, 0.2) is 11.6 Å². The van der Waals surface area contributed by atoms with Crippen molar-refractivity contribution in [1.29, 1.82) is 0 Å². The van der Waals surface area contributed by atoms with Crippen LogP contribution in [0.15, 0.2) is 18.2 Å². The van der Waals surface area contributed by atoms with Crippen LogP contribution in [-0.2, 0) is 11.2 Å². The number of rotatable bonds is 3. The maximum Gasteiger partial charge on any atom is 0.162 e.